The standard InChI is InChI=1S/C22H20N4O3/c1-15(27)25-19-8-3-9-20(12-19)26-22(29)18-7-2-6-17(11-18)21(28)24-14-16-5-4-10-23-13-16/h2-13H,14H2,1H3,(H,24,28)(H,25,27)(H,26,29). The molecule has 0 atom stereocenters. The van der Waals surface area contributed by atoms with Crippen LogP contribution in [0.3, 0.4) is 0 Å². The predicted molar refractivity (Wildman–Crippen MR) is 111 cm³/mol. The molecule has 0 saturated carbocycles. The number of aromatic nitrogens is 1. The van der Waals surface area contributed by atoms with Gasteiger partial charge in [0.25, 0.3) is 11.8 Å². The molecule has 0 bridgehead atoms. The van der Waals surface area contributed by atoms with Crippen molar-refractivity contribution in [3.63, 3.8) is 0 Å². The van der Waals surface area contributed by atoms with E-state index in [4.69, 9.17) is 0 Å². The minimum absolute atomic E-state index is 0.196. The topological polar surface area (TPSA) is 100 Å². The number of pyridine rings is 1. The van der Waals surface area contributed by atoms with Crippen LogP contribution in [-0.2, 0) is 11.3 Å². The van der Waals surface area contributed by atoms with Crippen molar-refractivity contribution in [1.82, 2.24) is 10.3 Å². The van der Waals surface area contributed by atoms with Crippen molar-refractivity contribution in [3.05, 3.63) is 89.7 Å². The maximum Gasteiger partial charge on any atom is 0.255 e. The lowest BCUT2D eigenvalue weighted by Gasteiger charge is -2.09. The summed E-state index contributed by atoms with van der Waals surface area (Å²) >= 11 is 0. The number of nitrogens with zero attached hydrogens (tertiary/aromatic N) is 1. The Kier molecular flexibility index (Phi) is 6.32. The normalized spacial score (nSPS) is 10.1. The molecule has 3 N–H and O–H groups in total. The van der Waals surface area contributed by atoms with Gasteiger partial charge in [0, 0.05) is 48.4 Å². The van der Waals surface area contributed by atoms with Crippen LogP contribution in [0.4, 0.5) is 11.4 Å². The number of hydrogen-bond acceptors (Lipinski definition) is 4. The summed E-state index contributed by atoms with van der Waals surface area (Å²) in [7, 11) is 0. The minimum Gasteiger partial charge on any atom is -0.348 e. The quantitative estimate of drug-likeness (QED) is 0.604. The number of benzene rings is 2. The fraction of sp³-hybridized carbons (Fsp3) is 0.0909. The van der Waals surface area contributed by atoms with Crippen LogP contribution >= 0.6 is 0 Å². The summed E-state index contributed by atoms with van der Waals surface area (Å²) in [5.41, 5.74) is 2.73. The summed E-state index contributed by atoms with van der Waals surface area (Å²) in [6, 6.07) is 17.0. The molecule has 0 aliphatic rings. The lowest BCUT2D eigenvalue weighted by molar-refractivity contribution is -0.114. The maximum absolute atomic E-state index is 12.6. The number of rotatable bonds is 6. The van der Waals surface area contributed by atoms with Crippen molar-refractivity contribution in [1.29, 1.82) is 0 Å². The minimum atomic E-state index is -0.355. The molecule has 0 fully saturated rings. The first-order valence-corrected chi connectivity index (χ1v) is 8.97. The van der Waals surface area contributed by atoms with E-state index in [0.717, 1.165) is 5.56 Å². The van der Waals surface area contributed by atoms with Crippen molar-refractivity contribution >= 4 is 29.1 Å². The van der Waals surface area contributed by atoms with Gasteiger partial charge in [0.1, 0.15) is 0 Å². The second-order valence-electron chi connectivity index (χ2n) is 6.34. The SMILES string of the molecule is CC(=O)Nc1cccc(NC(=O)c2cccc(C(=O)NCc3cccnc3)c2)c1. The zero-order valence-corrected chi connectivity index (χ0v) is 15.8. The summed E-state index contributed by atoms with van der Waals surface area (Å²) in [5, 5.41) is 8.23. The van der Waals surface area contributed by atoms with Gasteiger partial charge in [-0.25, -0.2) is 0 Å². The van der Waals surface area contributed by atoms with Gasteiger partial charge in [0.15, 0.2) is 0 Å². The molecule has 0 unspecified atom stereocenters. The monoisotopic (exact) mass is 388 g/mol. The van der Waals surface area contributed by atoms with Crippen molar-refractivity contribution < 1.29 is 14.4 Å². The van der Waals surface area contributed by atoms with Crippen molar-refractivity contribution in [2.75, 3.05) is 10.6 Å². The molecule has 0 aliphatic heterocycles. The molecule has 3 rings (SSSR count). The Labute approximate surface area is 168 Å². The third kappa shape index (κ3) is 5.74. The molecule has 1 aromatic heterocycles. The highest BCUT2D eigenvalue weighted by atomic mass is 16.2. The van der Waals surface area contributed by atoms with Crippen molar-refractivity contribution in [2.45, 2.75) is 13.5 Å². The van der Waals surface area contributed by atoms with Crippen LogP contribution in [0.15, 0.2) is 73.1 Å². The highest BCUT2D eigenvalue weighted by molar-refractivity contribution is 6.06. The zero-order chi connectivity index (χ0) is 20.6. The van der Waals surface area contributed by atoms with E-state index in [1.165, 1.54) is 13.0 Å². The van der Waals surface area contributed by atoms with Crippen LogP contribution in [0.25, 0.3) is 0 Å². The lowest BCUT2D eigenvalue weighted by Crippen LogP contribution is -2.23. The average Bonchev–Trinajstić information content (AvgIpc) is 2.72. The van der Waals surface area contributed by atoms with E-state index in [-0.39, 0.29) is 17.7 Å². The van der Waals surface area contributed by atoms with Crippen LogP contribution in [0.5, 0.6) is 0 Å². The average molecular weight is 388 g/mol. The molecule has 1 heterocycles. The Morgan fingerprint density at radius 1 is 0.828 bits per heavy atom. The Hall–Kier alpha value is -4.00. The van der Waals surface area contributed by atoms with Crippen LogP contribution in [0, 0.1) is 0 Å². The van der Waals surface area contributed by atoms with Crippen LogP contribution in [0.2, 0.25) is 0 Å². The van der Waals surface area contributed by atoms with Crippen LogP contribution in [0.1, 0.15) is 33.2 Å². The molecule has 0 aliphatic carbocycles. The van der Waals surface area contributed by atoms with E-state index in [1.807, 2.05) is 6.07 Å². The smallest absolute Gasteiger partial charge is 0.255 e. The summed E-state index contributed by atoms with van der Waals surface area (Å²) < 4.78 is 0. The molecule has 0 radical (unpaired) electrons. The fourth-order valence-electron chi connectivity index (χ4n) is 2.67. The van der Waals surface area contributed by atoms with Gasteiger partial charge in [-0.15, -0.1) is 0 Å². The molecule has 0 spiro atoms. The molecule has 0 saturated heterocycles. The molecule has 2 aromatic carbocycles. The fourth-order valence-corrected chi connectivity index (χ4v) is 2.67. The van der Waals surface area contributed by atoms with Gasteiger partial charge < -0.3 is 16.0 Å². The summed E-state index contributed by atoms with van der Waals surface area (Å²) in [6.07, 6.45) is 3.35. The second kappa shape index (κ2) is 9.27. The molecule has 3 aromatic rings. The van der Waals surface area contributed by atoms with Crippen LogP contribution in [-0.4, -0.2) is 22.7 Å². The molecule has 7 nitrogen and oxygen atoms in total. The van der Waals surface area contributed by atoms with Gasteiger partial charge >= 0.3 is 0 Å². The van der Waals surface area contributed by atoms with Gasteiger partial charge in [-0.2, -0.15) is 0 Å². The Bertz CT molecular complexity index is 1030. The summed E-state index contributed by atoms with van der Waals surface area (Å²) in [6.45, 7) is 1.76. The van der Waals surface area contributed by atoms with Gasteiger partial charge in [-0.05, 0) is 48.0 Å². The number of nitrogens with one attached hydrogen (secondary N) is 3. The molecule has 3 amide bonds. The molecular weight excluding hydrogens is 368 g/mol. The number of hydrogen-bond donors (Lipinski definition) is 3. The zero-order valence-electron chi connectivity index (χ0n) is 15.8. The molecule has 146 valence electrons. The van der Waals surface area contributed by atoms with Gasteiger partial charge in [-0.3, -0.25) is 19.4 Å². The Morgan fingerprint density at radius 2 is 1.52 bits per heavy atom. The number of anilines is 2. The lowest BCUT2D eigenvalue weighted by atomic mass is 10.1. The molecule has 7 heteroatoms. The second-order valence-corrected chi connectivity index (χ2v) is 6.34. The molecular formula is C22H20N4O3. The molecule has 29 heavy (non-hydrogen) atoms. The van der Waals surface area contributed by atoms with E-state index in [0.29, 0.717) is 29.0 Å². The number of carbonyl (C=O) groups excluding carboxylic acids is 3. The first kappa shape index (κ1) is 19.8. The first-order valence-electron chi connectivity index (χ1n) is 8.97. The van der Waals surface area contributed by atoms with E-state index in [2.05, 4.69) is 20.9 Å². The van der Waals surface area contributed by atoms with E-state index < -0.39 is 0 Å². The third-order valence-corrected chi connectivity index (χ3v) is 4.00. The first-order chi connectivity index (χ1) is 14.0. The van der Waals surface area contributed by atoms with E-state index >= 15 is 0 Å². The number of carbonyl (C=O) groups is 3. The maximum atomic E-state index is 12.6. The van der Waals surface area contributed by atoms with E-state index in [1.54, 1.807) is 60.9 Å². The highest BCUT2D eigenvalue weighted by Gasteiger charge is 2.11. The number of amides is 3. The van der Waals surface area contributed by atoms with Crippen molar-refractivity contribution in [3.8, 4) is 0 Å². The van der Waals surface area contributed by atoms with Gasteiger partial charge in [-0.1, -0.05) is 18.2 Å². The van der Waals surface area contributed by atoms with Crippen LogP contribution < -0.4 is 16.0 Å². The van der Waals surface area contributed by atoms with Crippen molar-refractivity contribution in [2.24, 2.45) is 0 Å². The predicted octanol–water partition coefficient (Wildman–Crippen LogP) is 3.22. The summed E-state index contributed by atoms with van der Waals surface area (Å²) in [4.78, 5) is 40.1. The highest BCUT2D eigenvalue weighted by Crippen LogP contribution is 2.16. The third-order valence-electron chi connectivity index (χ3n) is 4.00. The summed E-state index contributed by atoms with van der Waals surface area (Å²) in [5.74, 6) is -0.832. The largest absolute Gasteiger partial charge is 0.348 e. The Morgan fingerprint density at radius 3 is 2.21 bits per heavy atom. The Balaban J connectivity index is 1.66. The van der Waals surface area contributed by atoms with Gasteiger partial charge in [0.2, 0.25) is 5.91 Å². The van der Waals surface area contributed by atoms with Gasteiger partial charge in [0.05, 0.1) is 0 Å². The van der Waals surface area contributed by atoms with E-state index in [9.17, 15) is 14.4 Å².